The molecular weight excluding hydrogens is 491 g/mol. The third-order valence-corrected chi connectivity index (χ3v) is 6.41. The number of aromatic nitrogens is 2. The lowest BCUT2D eigenvalue weighted by Crippen LogP contribution is -2.53. The first-order valence-electron chi connectivity index (χ1n) is 12.1. The summed E-state index contributed by atoms with van der Waals surface area (Å²) in [6.07, 6.45) is 0.862. The number of alkyl halides is 3. The van der Waals surface area contributed by atoms with Crippen LogP contribution in [0.5, 0.6) is 0 Å². The van der Waals surface area contributed by atoms with Gasteiger partial charge in [-0.3, -0.25) is 0 Å². The van der Waals surface area contributed by atoms with Gasteiger partial charge in [-0.1, -0.05) is 48.7 Å². The fraction of sp³-hybridized carbons (Fsp3) is 0.440. The summed E-state index contributed by atoms with van der Waals surface area (Å²) < 4.78 is 37.3. The molecule has 3 aromatic rings. The van der Waals surface area contributed by atoms with Gasteiger partial charge in [-0.05, 0) is 25.0 Å². The van der Waals surface area contributed by atoms with Gasteiger partial charge in [0, 0.05) is 43.7 Å². The summed E-state index contributed by atoms with van der Waals surface area (Å²) in [5.74, 6) is -2.03. The molecule has 0 spiro atoms. The Kier molecular flexibility index (Phi) is 8.14. The Morgan fingerprint density at radius 3 is 2.32 bits per heavy atom. The number of hydrogen-bond donors (Lipinski definition) is 2. The number of pyridine rings is 1. The lowest BCUT2D eigenvalue weighted by molar-refractivity contribution is -0.192. The number of rotatable bonds is 3. The lowest BCUT2D eigenvalue weighted by Gasteiger charge is -2.35. The maximum absolute atomic E-state index is 12.6. The van der Waals surface area contributed by atoms with E-state index in [1.54, 1.807) is 0 Å². The van der Waals surface area contributed by atoms with Crippen molar-refractivity contribution >= 4 is 28.8 Å². The molecule has 5 rings (SSSR count). The van der Waals surface area contributed by atoms with Gasteiger partial charge in [0.2, 0.25) is 5.88 Å². The molecule has 1 saturated heterocycles. The molecule has 0 bridgehead atoms. The molecule has 37 heavy (non-hydrogen) atoms. The molecule has 1 aliphatic heterocycles. The number of aliphatic carboxylic acids is 1. The number of carbonyl (C=O) groups is 2. The molecule has 2 aliphatic rings. The molecule has 2 N–H and O–H groups in total. The fourth-order valence-electron chi connectivity index (χ4n) is 4.39. The zero-order chi connectivity index (χ0) is 26.4. The molecule has 1 aromatic carbocycles. The molecule has 3 heterocycles. The number of carboxylic acids is 1. The van der Waals surface area contributed by atoms with Gasteiger partial charge in [-0.15, -0.1) is 0 Å². The molecule has 9 nitrogen and oxygen atoms in total. The number of carbonyl (C=O) groups excluding carboxylic acids is 1. The number of halogens is 3. The largest absolute Gasteiger partial charge is 0.490 e. The number of nitrogens with zero attached hydrogens (tertiary/aromatic N) is 4. The van der Waals surface area contributed by atoms with Crippen LogP contribution in [-0.2, 0) is 4.79 Å². The van der Waals surface area contributed by atoms with E-state index in [-0.39, 0.29) is 6.03 Å². The third kappa shape index (κ3) is 6.89. The van der Waals surface area contributed by atoms with Crippen molar-refractivity contribution < 1.29 is 32.4 Å². The predicted octanol–water partition coefficient (Wildman–Crippen LogP) is 4.69. The normalized spacial score (nSPS) is 16.7. The molecule has 0 radical (unpaired) electrons. The third-order valence-electron chi connectivity index (χ3n) is 6.41. The fourth-order valence-corrected chi connectivity index (χ4v) is 4.39. The van der Waals surface area contributed by atoms with Crippen molar-refractivity contribution in [3.05, 3.63) is 42.5 Å². The minimum absolute atomic E-state index is 0.0696. The second-order valence-electron chi connectivity index (χ2n) is 9.00. The van der Waals surface area contributed by atoms with Crippen LogP contribution in [0.1, 0.15) is 32.1 Å². The Balaban J connectivity index is 0.000000405. The van der Waals surface area contributed by atoms with Crippen LogP contribution in [0, 0.1) is 0 Å². The van der Waals surface area contributed by atoms with Crippen molar-refractivity contribution in [1.29, 1.82) is 0 Å². The molecule has 2 amide bonds. The summed E-state index contributed by atoms with van der Waals surface area (Å²) in [5.41, 5.74) is 2.47. The van der Waals surface area contributed by atoms with Crippen LogP contribution < -0.4 is 10.2 Å². The number of nitrogens with one attached hydrogen (secondary N) is 1. The molecule has 2 aromatic heterocycles. The van der Waals surface area contributed by atoms with Crippen molar-refractivity contribution in [2.24, 2.45) is 0 Å². The van der Waals surface area contributed by atoms with Crippen LogP contribution in [0.4, 0.5) is 23.8 Å². The van der Waals surface area contributed by atoms with Gasteiger partial charge in [0.15, 0.2) is 0 Å². The van der Waals surface area contributed by atoms with E-state index in [9.17, 15) is 18.0 Å². The Hall–Kier alpha value is -3.83. The number of fused-ring (bicyclic) bond motifs is 1. The average Bonchev–Trinajstić information content (AvgIpc) is 3.39. The number of piperazine rings is 1. The number of anilines is 1. The molecule has 1 aliphatic carbocycles. The molecule has 198 valence electrons. The van der Waals surface area contributed by atoms with Gasteiger partial charge in [-0.2, -0.15) is 13.2 Å². The second-order valence-corrected chi connectivity index (χ2v) is 9.00. The van der Waals surface area contributed by atoms with E-state index in [4.69, 9.17) is 19.4 Å². The minimum Gasteiger partial charge on any atom is -0.475 e. The zero-order valence-electron chi connectivity index (χ0n) is 20.1. The molecular formula is C25H28F3N5O4. The highest BCUT2D eigenvalue weighted by atomic mass is 19.4. The molecule has 2 fully saturated rings. The summed E-state index contributed by atoms with van der Waals surface area (Å²) in [7, 11) is 0. The Bertz CT molecular complexity index is 1220. The highest BCUT2D eigenvalue weighted by Gasteiger charge is 2.38. The number of carboxylic acid groups (broad SMARTS) is 1. The maximum atomic E-state index is 12.6. The molecule has 1 saturated carbocycles. The van der Waals surface area contributed by atoms with Crippen LogP contribution >= 0.6 is 0 Å². The first-order valence-corrected chi connectivity index (χ1v) is 12.1. The predicted molar refractivity (Wildman–Crippen MR) is 130 cm³/mol. The van der Waals surface area contributed by atoms with E-state index in [1.165, 1.54) is 19.3 Å². The minimum atomic E-state index is -5.08. The van der Waals surface area contributed by atoms with E-state index >= 15 is 0 Å². The molecule has 0 unspecified atom stereocenters. The standard InChI is InChI=1S/C23H27N5O2.C2HF3O2/c29-23(24-18-7-2-1-3-8-18)28-14-12-27(13-15-28)22-16-21(26-30-22)20-11-10-17-6-4-5-9-19(17)25-20;3-2(4,5)1(6)7/h4-6,9-11,16,18H,1-3,7-8,12-15H2,(H,24,29);(H,6,7). The van der Waals surface area contributed by atoms with Crippen LogP contribution in [0.3, 0.4) is 0 Å². The number of para-hydroxylation sites is 1. The van der Waals surface area contributed by atoms with E-state index in [2.05, 4.69) is 21.4 Å². The SMILES string of the molecule is O=C(NC1CCCCC1)N1CCN(c2cc(-c3ccc4ccccc4n3)no2)CC1.O=C(O)C(F)(F)F. The summed E-state index contributed by atoms with van der Waals surface area (Å²) in [6, 6.07) is 14.4. The quantitative estimate of drug-likeness (QED) is 0.517. The first-order chi connectivity index (χ1) is 17.7. The van der Waals surface area contributed by atoms with Crippen LogP contribution in [0.25, 0.3) is 22.3 Å². The Morgan fingerprint density at radius 2 is 1.65 bits per heavy atom. The highest BCUT2D eigenvalue weighted by molar-refractivity contribution is 5.81. The van der Waals surface area contributed by atoms with Crippen LogP contribution in [-0.4, -0.2) is 70.5 Å². The topological polar surface area (TPSA) is 112 Å². The zero-order valence-corrected chi connectivity index (χ0v) is 20.1. The number of hydrogen-bond acceptors (Lipinski definition) is 6. The monoisotopic (exact) mass is 519 g/mol. The summed E-state index contributed by atoms with van der Waals surface area (Å²) in [6.45, 7) is 2.83. The van der Waals surface area contributed by atoms with Crippen molar-refractivity contribution in [3.63, 3.8) is 0 Å². The van der Waals surface area contributed by atoms with Crippen LogP contribution in [0.2, 0.25) is 0 Å². The highest BCUT2D eigenvalue weighted by Crippen LogP contribution is 2.26. The van der Waals surface area contributed by atoms with Gasteiger partial charge >= 0.3 is 18.2 Å². The van der Waals surface area contributed by atoms with Crippen molar-refractivity contribution in [2.75, 3.05) is 31.1 Å². The van der Waals surface area contributed by atoms with E-state index in [0.717, 1.165) is 54.1 Å². The lowest BCUT2D eigenvalue weighted by atomic mass is 9.96. The van der Waals surface area contributed by atoms with Gasteiger partial charge in [0.25, 0.3) is 0 Å². The van der Waals surface area contributed by atoms with Crippen molar-refractivity contribution in [2.45, 2.75) is 44.3 Å². The van der Waals surface area contributed by atoms with Gasteiger partial charge in [-0.25, -0.2) is 14.6 Å². The van der Waals surface area contributed by atoms with E-state index < -0.39 is 12.1 Å². The summed E-state index contributed by atoms with van der Waals surface area (Å²) in [5, 5.41) is 15.7. The second kappa shape index (κ2) is 11.5. The van der Waals surface area contributed by atoms with E-state index in [1.807, 2.05) is 41.3 Å². The summed E-state index contributed by atoms with van der Waals surface area (Å²) in [4.78, 5) is 30.2. The number of benzene rings is 1. The van der Waals surface area contributed by atoms with Crippen LogP contribution in [0.15, 0.2) is 47.0 Å². The number of urea groups is 1. The van der Waals surface area contributed by atoms with E-state index in [0.29, 0.717) is 19.1 Å². The van der Waals surface area contributed by atoms with Gasteiger partial charge in [0.1, 0.15) is 5.69 Å². The molecule has 0 atom stereocenters. The summed E-state index contributed by atoms with van der Waals surface area (Å²) >= 11 is 0. The smallest absolute Gasteiger partial charge is 0.475 e. The van der Waals surface area contributed by atoms with Crippen molar-refractivity contribution in [1.82, 2.24) is 20.4 Å². The van der Waals surface area contributed by atoms with Gasteiger partial charge in [0.05, 0.1) is 11.2 Å². The average molecular weight is 520 g/mol. The van der Waals surface area contributed by atoms with Crippen molar-refractivity contribution in [3.8, 4) is 11.4 Å². The van der Waals surface area contributed by atoms with Gasteiger partial charge < -0.3 is 24.7 Å². The molecule has 12 heteroatoms. The number of amides is 2. The Labute approximate surface area is 211 Å². The maximum Gasteiger partial charge on any atom is 0.490 e. The Morgan fingerprint density at radius 1 is 0.973 bits per heavy atom. The first kappa shape index (κ1) is 26.2.